The van der Waals surface area contributed by atoms with Crippen molar-refractivity contribution in [3.05, 3.63) is 29.8 Å². The van der Waals surface area contributed by atoms with Crippen LogP contribution in [0.1, 0.15) is 77.7 Å². The van der Waals surface area contributed by atoms with E-state index in [1.54, 1.807) is 24.3 Å². The van der Waals surface area contributed by atoms with Crippen LogP contribution >= 0.6 is 0 Å². The van der Waals surface area contributed by atoms with Crippen molar-refractivity contribution in [2.75, 3.05) is 6.61 Å². The largest absolute Gasteiger partial charge is 0.393 e. The van der Waals surface area contributed by atoms with Gasteiger partial charge in [0.15, 0.2) is 0 Å². The van der Waals surface area contributed by atoms with Crippen molar-refractivity contribution in [3.8, 4) is 0 Å². The average molecular weight is 505 g/mol. The molecule has 0 aromatic heterocycles. The van der Waals surface area contributed by atoms with Crippen molar-refractivity contribution in [3.63, 3.8) is 0 Å². The van der Waals surface area contributed by atoms with E-state index in [0.29, 0.717) is 23.7 Å². The highest BCUT2D eigenvalue weighted by atomic mass is 32.2. The molecule has 35 heavy (non-hydrogen) atoms. The molecule has 10 atom stereocenters. The standard InChI is InChI=1S/C29H44O5S/c1-18-5-8-22(9-6-18)35(32,33)34-17-19(2)24-11-12-25-23-10-7-20-15-21(30)13-14-28(20,3)26(23)16-27(31)29(24,25)4/h5-6,8-9,19-21,23-27,30-31H,7,10-17H2,1-4H3/t19-,20-,21-,23?,24-,25?,26?,27+,28+,29-/m1/s1. The molecule has 196 valence electrons. The molecule has 2 N–H and O–H groups in total. The van der Waals surface area contributed by atoms with E-state index in [0.717, 1.165) is 44.1 Å². The van der Waals surface area contributed by atoms with Gasteiger partial charge in [-0.3, -0.25) is 4.18 Å². The predicted octanol–water partition coefficient (Wildman–Crippen LogP) is 5.33. The molecular weight excluding hydrogens is 460 g/mol. The Bertz CT molecular complexity index is 1020. The van der Waals surface area contributed by atoms with Crippen LogP contribution in [0.15, 0.2) is 29.2 Å². The highest BCUT2D eigenvalue weighted by molar-refractivity contribution is 7.86. The van der Waals surface area contributed by atoms with E-state index >= 15 is 0 Å². The lowest BCUT2D eigenvalue weighted by molar-refractivity contribution is -0.175. The first kappa shape index (κ1) is 25.7. The zero-order chi connectivity index (χ0) is 25.2. The fourth-order valence-electron chi connectivity index (χ4n) is 9.25. The molecule has 5 rings (SSSR count). The number of rotatable bonds is 5. The Hall–Kier alpha value is -0.950. The van der Waals surface area contributed by atoms with E-state index in [1.807, 2.05) is 6.92 Å². The van der Waals surface area contributed by atoms with E-state index in [4.69, 9.17) is 4.18 Å². The zero-order valence-electron chi connectivity index (χ0n) is 21.8. The number of benzene rings is 1. The monoisotopic (exact) mass is 504 g/mol. The third kappa shape index (κ3) is 4.20. The lowest BCUT2D eigenvalue weighted by atomic mass is 9.43. The lowest BCUT2D eigenvalue weighted by Gasteiger charge is -2.62. The van der Waals surface area contributed by atoms with Gasteiger partial charge < -0.3 is 10.2 Å². The third-order valence-corrected chi connectivity index (χ3v) is 12.6. The van der Waals surface area contributed by atoms with Crippen LogP contribution in [0, 0.1) is 53.3 Å². The first-order valence-corrected chi connectivity index (χ1v) is 15.2. The fourth-order valence-corrected chi connectivity index (χ4v) is 10.2. The molecule has 6 heteroatoms. The Labute approximate surface area is 211 Å². The molecule has 0 radical (unpaired) electrons. The highest BCUT2D eigenvalue weighted by Crippen LogP contribution is 2.68. The fraction of sp³-hybridized carbons (Fsp3) is 0.793. The number of aliphatic hydroxyl groups excluding tert-OH is 2. The molecule has 3 unspecified atom stereocenters. The Morgan fingerprint density at radius 3 is 2.43 bits per heavy atom. The van der Waals surface area contributed by atoms with Crippen molar-refractivity contribution in [1.82, 2.24) is 0 Å². The molecule has 0 bridgehead atoms. The minimum absolute atomic E-state index is 0.0492. The van der Waals surface area contributed by atoms with Gasteiger partial charge in [0.2, 0.25) is 0 Å². The summed E-state index contributed by atoms with van der Waals surface area (Å²) in [6, 6.07) is 6.79. The molecule has 5 nitrogen and oxygen atoms in total. The molecule has 4 saturated carbocycles. The van der Waals surface area contributed by atoms with Gasteiger partial charge in [-0.25, -0.2) is 0 Å². The molecule has 4 aliphatic carbocycles. The maximum atomic E-state index is 12.8. The van der Waals surface area contributed by atoms with E-state index < -0.39 is 10.1 Å². The number of aryl methyl sites for hydroxylation is 1. The summed E-state index contributed by atoms with van der Waals surface area (Å²) in [7, 11) is -3.79. The van der Waals surface area contributed by atoms with Gasteiger partial charge in [-0.2, -0.15) is 8.42 Å². The zero-order valence-corrected chi connectivity index (χ0v) is 22.6. The number of hydrogen-bond donors (Lipinski definition) is 2. The van der Waals surface area contributed by atoms with Gasteiger partial charge in [0.1, 0.15) is 0 Å². The molecule has 4 fully saturated rings. The molecule has 0 spiro atoms. The van der Waals surface area contributed by atoms with E-state index in [9.17, 15) is 18.6 Å². The van der Waals surface area contributed by atoms with Crippen LogP contribution in [-0.4, -0.2) is 37.4 Å². The SMILES string of the molecule is Cc1ccc(S(=O)(=O)OC[C@@H](C)[C@H]2CCC3C4CC[C@@H]5C[C@H](O)CC[C@]5(C)C4C[C@H](O)[C@@]32C)cc1. The lowest BCUT2D eigenvalue weighted by Crippen LogP contribution is -2.59. The number of fused-ring (bicyclic) bond motifs is 5. The van der Waals surface area contributed by atoms with Crippen molar-refractivity contribution in [1.29, 1.82) is 0 Å². The van der Waals surface area contributed by atoms with Gasteiger partial charge in [-0.1, -0.05) is 38.5 Å². The first-order valence-electron chi connectivity index (χ1n) is 13.8. The maximum Gasteiger partial charge on any atom is 0.296 e. The Morgan fingerprint density at radius 2 is 1.71 bits per heavy atom. The summed E-state index contributed by atoms with van der Waals surface area (Å²) in [4.78, 5) is 0.203. The second-order valence-corrected chi connectivity index (χ2v) is 14.5. The molecule has 0 aliphatic heterocycles. The molecule has 0 saturated heterocycles. The van der Waals surface area contributed by atoms with Crippen molar-refractivity contribution in [2.24, 2.45) is 46.3 Å². The Morgan fingerprint density at radius 1 is 1.00 bits per heavy atom. The summed E-state index contributed by atoms with van der Waals surface area (Å²) in [5, 5.41) is 22.0. The number of aliphatic hydroxyl groups is 2. The van der Waals surface area contributed by atoms with Crippen LogP contribution in [0.4, 0.5) is 0 Å². The predicted molar refractivity (Wildman–Crippen MR) is 136 cm³/mol. The normalized spacial score (nSPS) is 44.2. The van der Waals surface area contributed by atoms with Gasteiger partial charge in [-0.15, -0.1) is 0 Å². The van der Waals surface area contributed by atoms with Gasteiger partial charge in [0.05, 0.1) is 23.7 Å². The highest BCUT2D eigenvalue weighted by Gasteiger charge is 2.63. The maximum absolute atomic E-state index is 12.8. The van der Waals surface area contributed by atoms with E-state index in [1.165, 1.54) is 12.8 Å². The van der Waals surface area contributed by atoms with Crippen molar-refractivity contribution in [2.45, 2.75) is 96.2 Å². The Balaban J connectivity index is 1.31. The quantitative estimate of drug-likeness (QED) is 0.530. The molecule has 4 aliphatic rings. The molecule has 0 heterocycles. The smallest absolute Gasteiger partial charge is 0.296 e. The second kappa shape index (κ2) is 9.11. The first-order chi connectivity index (χ1) is 16.5. The molecule has 0 amide bonds. The van der Waals surface area contributed by atoms with Crippen LogP contribution in [0.5, 0.6) is 0 Å². The third-order valence-electron chi connectivity index (χ3n) is 11.3. The number of hydrogen-bond acceptors (Lipinski definition) is 5. The van der Waals surface area contributed by atoms with E-state index in [2.05, 4.69) is 20.8 Å². The molecular formula is C29H44O5S. The topological polar surface area (TPSA) is 83.8 Å². The minimum Gasteiger partial charge on any atom is -0.393 e. The second-order valence-electron chi connectivity index (χ2n) is 12.9. The minimum atomic E-state index is -3.79. The summed E-state index contributed by atoms with van der Waals surface area (Å²) < 4.78 is 31.1. The van der Waals surface area contributed by atoms with Crippen LogP contribution in [-0.2, 0) is 14.3 Å². The summed E-state index contributed by atoms with van der Waals surface area (Å²) in [6.07, 6.45) is 7.71. The summed E-state index contributed by atoms with van der Waals surface area (Å²) in [5.74, 6) is 2.48. The molecule has 1 aromatic rings. The van der Waals surface area contributed by atoms with Crippen molar-refractivity contribution < 1.29 is 22.8 Å². The summed E-state index contributed by atoms with van der Waals surface area (Å²) in [6.45, 7) is 8.90. The van der Waals surface area contributed by atoms with Crippen molar-refractivity contribution >= 4 is 10.1 Å². The van der Waals surface area contributed by atoms with E-state index in [-0.39, 0.29) is 46.4 Å². The van der Waals surface area contributed by atoms with Gasteiger partial charge in [0, 0.05) is 0 Å². The van der Waals surface area contributed by atoms with Gasteiger partial charge in [-0.05, 0) is 117 Å². The summed E-state index contributed by atoms with van der Waals surface area (Å²) in [5.41, 5.74) is 1.04. The average Bonchev–Trinajstić information content (AvgIpc) is 3.18. The van der Waals surface area contributed by atoms with Gasteiger partial charge in [0.25, 0.3) is 10.1 Å². The van der Waals surface area contributed by atoms with Crippen LogP contribution in [0.3, 0.4) is 0 Å². The Kier molecular flexibility index (Phi) is 6.69. The van der Waals surface area contributed by atoms with Crippen LogP contribution in [0.25, 0.3) is 0 Å². The van der Waals surface area contributed by atoms with Crippen LogP contribution in [0.2, 0.25) is 0 Å². The summed E-state index contributed by atoms with van der Waals surface area (Å²) >= 11 is 0. The molecule has 1 aromatic carbocycles. The van der Waals surface area contributed by atoms with Gasteiger partial charge >= 0.3 is 0 Å². The van der Waals surface area contributed by atoms with Crippen LogP contribution < -0.4 is 0 Å².